The lowest BCUT2D eigenvalue weighted by atomic mass is 9.96. The van der Waals surface area contributed by atoms with Gasteiger partial charge in [0.2, 0.25) is 5.91 Å². The molecule has 1 aromatic rings. The molecule has 1 fully saturated rings. The Morgan fingerprint density at radius 2 is 2.18 bits per heavy atom. The number of para-hydroxylation sites is 1. The molecular weight excluding hydrogens is 276 g/mol. The Labute approximate surface area is 134 Å². The summed E-state index contributed by atoms with van der Waals surface area (Å²) in [6, 6.07) is 8.46. The summed E-state index contributed by atoms with van der Waals surface area (Å²) < 4.78 is 5.40. The smallest absolute Gasteiger partial charge is 0.222 e. The third-order valence-electron chi connectivity index (χ3n) is 4.73. The van der Waals surface area contributed by atoms with Gasteiger partial charge < -0.3 is 14.5 Å². The Balaban J connectivity index is 1.92. The van der Waals surface area contributed by atoms with Gasteiger partial charge in [-0.3, -0.25) is 4.79 Å². The molecule has 0 N–H and O–H groups in total. The van der Waals surface area contributed by atoms with Gasteiger partial charge in [-0.2, -0.15) is 0 Å². The molecule has 0 saturated carbocycles. The maximum Gasteiger partial charge on any atom is 0.222 e. The van der Waals surface area contributed by atoms with E-state index in [4.69, 9.17) is 4.74 Å². The van der Waals surface area contributed by atoms with Crippen molar-refractivity contribution in [3.63, 3.8) is 0 Å². The first-order valence-corrected chi connectivity index (χ1v) is 8.10. The lowest BCUT2D eigenvalue weighted by Crippen LogP contribution is -2.39. The number of likely N-dealkylation sites (N-methyl/N-ethyl adjacent to an activating group) is 2. The van der Waals surface area contributed by atoms with Crippen LogP contribution in [0.15, 0.2) is 24.3 Å². The first kappa shape index (κ1) is 16.8. The minimum absolute atomic E-state index is 0.160. The summed E-state index contributed by atoms with van der Waals surface area (Å²) in [5.41, 5.74) is 1.10. The molecule has 2 rings (SSSR count). The van der Waals surface area contributed by atoms with Gasteiger partial charge >= 0.3 is 0 Å². The number of benzene rings is 1. The minimum Gasteiger partial charge on any atom is -0.496 e. The molecule has 0 radical (unpaired) electrons. The van der Waals surface area contributed by atoms with Gasteiger partial charge in [-0.1, -0.05) is 25.1 Å². The summed E-state index contributed by atoms with van der Waals surface area (Å²) in [5.74, 6) is 1.23. The van der Waals surface area contributed by atoms with Crippen LogP contribution in [-0.2, 0) is 4.79 Å². The van der Waals surface area contributed by atoms with E-state index < -0.39 is 0 Å². The van der Waals surface area contributed by atoms with Crippen molar-refractivity contribution in [2.45, 2.75) is 38.1 Å². The van der Waals surface area contributed by atoms with Gasteiger partial charge in [0.15, 0.2) is 0 Å². The van der Waals surface area contributed by atoms with Crippen molar-refractivity contribution in [3.8, 4) is 5.75 Å². The first-order valence-electron chi connectivity index (χ1n) is 8.10. The maximum atomic E-state index is 12.5. The zero-order valence-electron chi connectivity index (χ0n) is 14.2. The standard InChI is InChI=1S/C18H28N2O2/c1-14(16-9-5-6-10-17(16)22-4)12-18(21)20(3)13-15-8-7-11-19(15)2/h5-6,9-10,14-15H,7-8,11-13H2,1-4H3. The molecule has 0 bridgehead atoms. The highest BCUT2D eigenvalue weighted by molar-refractivity contribution is 5.77. The fraction of sp³-hybridized carbons (Fsp3) is 0.611. The minimum atomic E-state index is 0.160. The summed E-state index contributed by atoms with van der Waals surface area (Å²) in [7, 11) is 5.74. The van der Waals surface area contributed by atoms with Crippen molar-refractivity contribution in [2.24, 2.45) is 0 Å². The van der Waals surface area contributed by atoms with Gasteiger partial charge in [-0.25, -0.2) is 0 Å². The van der Waals surface area contributed by atoms with Crippen LogP contribution in [0.3, 0.4) is 0 Å². The number of carbonyl (C=O) groups is 1. The second kappa shape index (κ2) is 7.63. The number of amides is 1. The van der Waals surface area contributed by atoms with Crippen molar-refractivity contribution < 1.29 is 9.53 Å². The number of likely N-dealkylation sites (tertiary alicyclic amines) is 1. The van der Waals surface area contributed by atoms with E-state index in [0.29, 0.717) is 12.5 Å². The predicted molar refractivity (Wildman–Crippen MR) is 89.3 cm³/mol. The largest absolute Gasteiger partial charge is 0.496 e. The monoisotopic (exact) mass is 304 g/mol. The van der Waals surface area contributed by atoms with E-state index in [1.807, 2.05) is 36.2 Å². The summed E-state index contributed by atoms with van der Waals surface area (Å²) in [6.45, 7) is 4.06. The predicted octanol–water partition coefficient (Wildman–Crippen LogP) is 2.74. The Morgan fingerprint density at radius 1 is 1.45 bits per heavy atom. The average molecular weight is 304 g/mol. The molecule has 1 saturated heterocycles. The lowest BCUT2D eigenvalue weighted by molar-refractivity contribution is -0.130. The summed E-state index contributed by atoms with van der Waals surface area (Å²) in [5, 5.41) is 0. The van der Waals surface area contributed by atoms with Crippen molar-refractivity contribution >= 4 is 5.91 Å². The van der Waals surface area contributed by atoms with Crippen LogP contribution in [0.4, 0.5) is 0 Å². The van der Waals surface area contributed by atoms with Crippen molar-refractivity contribution in [3.05, 3.63) is 29.8 Å². The third kappa shape index (κ3) is 4.01. The molecule has 2 atom stereocenters. The van der Waals surface area contributed by atoms with Crippen LogP contribution >= 0.6 is 0 Å². The van der Waals surface area contributed by atoms with Crippen LogP contribution < -0.4 is 4.74 Å². The molecule has 1 aromatic carbocycles. The highest BCUT2D eigenvalue weighted by Crippen LogP contribution is 2.28. The lowest BCUT2D eigenvalue weighted by Gasteiger charge is -2.27. The van der Waals surface area contributed by atoms with E-state index in [-0.39, 0.29) is 11.8 Å². The van der Waals surface area contributed by atoms with Gasteiger partial charge in [0.1, 0.15) is 5.75 Å². The topological polar surface area (TPSA) is 32.8 Å². The second-order valence-corrected chi connectivity index (χ2v) is 6.40. The van der Waals surface area contributed by atoms with E-state index >= 15 is 0 Å². The molecule has 1 amide bonds. The summed E-state index contributed by atoms with van der Waals surface area (Å²) >= 11 is 0. The van der Waals surface area contributed by atoms with E-state index in [9.17, 15) is 4.79 Å². The molecule has 0 aromatic heterocycles. The maximum absolute atomic E-state index is 12.5. The zero-order valence-corrected chi connectivity index (χ0v) is 14.2. The Hall–Kier alpha value is -1.55. The van der Waals surface area contributed by atoms with Gasteiger partial charge in [0.25, 0.3) is 0 Å². The fourth-order valence-electron chi connectivity index (χ4n) is 3.23. The van der Waals surface area contributed by atoms with Crippen molar-refractivity contribution in [2.75, 3.05) is 34.3 Å². The highest BCUT2D eigenvalue weighted by atomic mass is 16.5. The summed E-state index contributed by atoms with van der Waals surface area (Å²) in [6.07, 6.45) is 2.95. The van der Waals surface area contributed by atoms with E-state index in [1.165, 1.54) is 12.8 Å². The number of hydrogen-bond acceptors (Lipinski definition) is 3. The number of methoxy groups -OCH3 is 1. The van der Waals surface area contributed by atoms with Crippen molar-refractivity contribution in [1.82, 2.24) is 9.80 Å². The molecule has 122 valence electrons. The number of hydrogen-bond donors (Lipinski definition) is 0. The van der Waals surface area contributed by atoms with E-state index in [0.717, 1.165) is 24.4 Å². The van der Waals surface area contributed by atoms with E-state index in [1.54, 1.807) is 7.11 Å². The van der Waals surface area contributed by atoms with Gasteiger partial charge in [-0.05, 0) is 44.0 Å². The van der Waals surface area contributed by atoms with Crippen molar-refractivity contribution in [1.29, 1.82) is 0 Å². The molecule has 0 aliphatic carbocycles. The quantitative estimate of drug-likeness (QED) is 0.810. The number of rotatable bonds is 6. The SMILES string of the molecule is COc1ccccc1C(C)CC(=O)N(C)CC1CCCN1C. The van der Waals surface area contributed by atoms with Crippen LogP contribution in [0.25, 0.3) is 0 Å². The Kier molecular flexibility index (Phi) is 5.83. The molecule has 1 heterocycles. The fourth-order valence-corrected chi connectivity index (χ4v) is 3.23. The normalized spacial score (nSPS) is 19.9. The molecule has 0 spiro atoms. The molecule has 1 aliphatic heterocycles. The molecule has 22 heavy (non-hydrogen) atoms. The van der Waals surface area contributed by atoms with Crippen LogP contribution in [0.1, 0.15) is 37.7 Å². The van der Waals surface area contributed by atoms with Gasteiger partial charge in [0, 0.05) is 26.1 Å². The van der Waals surface area contributed by atoms with Crippen LogP contribution in [0, 0.1) is 0 Å². The molecule has 2 unspecified atom stereocenters. The average Bonchev–Trinajstić information content (AvgIpc) is 2.92. The number of carbonyl (C=O) groups excluding carboxylic acids is 1. The van der Waals surface area contributed by atoms with Crippen LogP contribution in [-0.4, -0.2) is 56.0 Å². The number of ether oxygens (including phenoxy) is 1. The highest BCUT2D eigenvalue weighted by Gasteiger charge is 2.25. The second-order valence-electron chi connectivity index (χ2n) is 6.40. The van der Waals surface area contributed by atoms with Crippen LogP contribution in [0.5, 0.6) is 5.75 Å². The van der Waals surface area contributed by atoms with E-state index in [2.05, 4.69) is 18.9 Å². The number of nitrogens with zero attached hydrogens (tertiary/aromatic N) is 2. The molecule has 4 nitrogen and oxygen atoms in total. The van der Waals surface area contributed by atoms with Crippen LogP contribution in [0.2, 0.25) is 0 Å². The third-order valence-corrected chi connectivity index (χ3v) is 4.73. The first-order chi connectivity index (χ1) is 10.5. The molecule has 1 aliphatic rings. The molecule has 4 heteroatoms. The Bertz CT molecular complexity index is 504. The van der Waals surface area contributed by atoms with Gasteiger partial charge in [0.05, 0.1) is 7.11 Å². The molecular formula is C18H28N2O2. The summed E-state index contributed by atoms with van der Waals surface area (Å²) in [4.78, 5) is 16.7. The zero-order chi connectivity index (χ0) is 16.1. The Morgan fingerprint density at radius 3 is 2.82 bits per heavy atom. The van der Waals surface area contributed by atoms with Gasteiger partial charge in [-0.15, -0.1) is 0 Å².